The van der Waals surface area contributed by atoms with Crippen molar-refractivity contribution in [3.63, 3.8) is 0 Å². The molecule has 0 amide bonds. The lowest BCUT2D eigenvalue weighted by molar-refractivity contribution is 0.623. The molecule has 0 bridgehead atoms. The highest BCUT2D eigenvalue weighted by molar-refractivity contribution is 5.39. The van der Waals surface area contributed by atoms with Crippen LogP contribution in [0, 0.1) is 5.92 Å². The predicted octanol–water partition coefficient (Wildman–Crippen LogP) is 2.20. The van der Waals surface area contributed by atoms with Gasteiger partial charge in [-0.25, -0.2) is 0 Å². The number of hydrogen-bond donors (Lipinski definition) is 2. The summed E-state index contributed by atoms with van der Waals surface area (Å²) in [6, 6.07) is 8.97. The third kappa shape index (κ3) is 2.96. The Labute approximate surface area is 91.9 Å². The van der Waals surface area contributed by atoms with E-state index in [2.05, 4.69) is 24.4 Å². The molecule has 1 fully saturated rings. The summed E-state index contributed by atoms with van der Waals surface area (Å²) in [4.78, 5) is 0. The molecule has 0 heterocycles. The molecule has 2 heteroatoms. The van der Waals surface area contributed by atoms with Crippen LogP contribution < -0.4 is 11.1 Å². The van der Waals surface area contributed by atoms with Crippen LogP contribution in [0.2, 0.25) is 0 Å². The van der Waals surface area contributed by atoms with E-state index in [-0.39, 0.29) is 0 Å². The molecule has 15 heavy (non-hydrogen) atoms. The lowest BCUT2D eigenvalue weighted by Crippen LogP contribution is -2.21. The first-order valence-corrected chi connectivity index (χ1v) is 5.87. The van der Waals surface area contributed by atoms with E-state index in [1.54, 1.807) is 0 Å². The van der Waals surface area contributed by atoms with E-state index in [1.807, 2.05) is 12.1 Å². The van der Waals surface area contributed by atoms with E-state index in [9.17, 15) is 0 Å². The van der Waals surface area contributed by atoms with Gasteiger partial charge in [0.15, 0.2) is 0 Å². The molecule has 3 N–H and O–H groups in total. The van der Waals surface area contributed by atoms with Crippen LogP contribution in [0.15, 0.2) is 24.3 Å². The smallest absolute Gasteiger partial charge is 0.0314 e. The summed E-state index contributed by atoms with van der Waals surface area (Å²) >= 11 is 0. The van der Waals surface area contributed by atoms with Gasteiger partial charge in [0.05, 0.1) is 0 Å². The Kier molecular flexibility index (Phi) is 3.27. The summed E-state index contributed by atoms with van der Waals surface area (Å²) in [7, 11) is 0. The van der Waals surface area contributed by atoms with Gasteiger partial charge >= 0.3 is 0 Å². The Morgan fingerprint density at radius 2 is 2.07 bits per heavy atom. The van der Waals surface area contributed by atoms with E-state index >= 15 is 0 Å². The van der Waals surface area contributed by atoms with Gasteiger partial charge in [-0.3, -0.25) is 0 Å². The van der Waals surface area contributed by atoms with Crippen molar-refractivity contribution in [2.75, 3.05) is 12.3 Å². The minimum atomic E-state index is 0.795. The quantitative estimate of drug-likeness (QED) is 0.722. The Morgan fingerprint density at radius 1 is 1.33 bits per heavy atom. The lowest BCUT2D eigenvalue weighted by atomic mass is 10.1. The summed E-state index contributed by atoms with van der Waals surface area (Å²) in [6.45, 7) is 3.36. The predicted molar refractivity (Wildman–Crippen MR) is 64.7 cm³/mol. The molecule has 1 aliphatic rings. The zero-order valence-corrected chi connectivity index (χ0v) is 9.37. The van der Waals surface area contributed by atoms with Crippen LogP contribution >= 0.6 is 0 Å². The number of benzene rings is 1. The number of hydrogen-bond acceptors (Lipinski definition) is 2. The third-order valence-corrected chi connectivity index (χ3v) is 3.25. The van der Waals surface area contributed by atoms with Crippen molar-refractivity contribution < 1.29 is 0 Å². The number of nitrogen functional groups attached to an aromatic ring is 1. The summed E-state index contributed by atoms with van der Waals surface area (Å²) in [6.07, 6.45) is 3.80. The first-order valence-electron chi connectivity index (χ1n) is 5.87. The Bertz CT molecular complexity index is 305. The fraction of sp³-hybridized carbons (Fsp3) is 0.538. The van der Waals surface area contributed by atoms with Crippen LogP contribution in [0.4, 0.5) is 5.69 Å². The second kappa shape index (κ2) is 4.67. The molecule has 0 aromatic heterocycles. The molecule has 2 rings (SSSR count). The maximum atomic E-state index is 5.63. The minimum Gasteiger partial charge on any atom is -0.399 e. The molecule has 0 radical (unpaired) electrons. The largest absolute Gasteiger partial charge is 0.399 e. The minimum absolute atomic E-state index is 0.795. The maximum Gasteiger partial charge on any atom is 0.0314 e. The SMILES string of the molecule is CCC1CC1NCCc1ccc(N)cc1. The zero-order valence-electron chi connectivity index (χ0n) is 9.37. The molecule has 1 saturated carbocycles. The van der Waals surface area contributed by atoms with Gasteiger partial charge in [-0.05, 0) is 43.0 Å². The van der Waals surface area contributed by atoms with E-state index in [0.717, 1.165) is 30.6 Å². The van der Waals surface area contributed by atoms with Crippen molar-refractivity contribution in [1.82, 2.24) is 5.32 Å². The van der Waals surface area contributed by atoms with Crippen molar-refractivity contribution >= 4 is 5.69 Å². The molecule has 0 aliphatic heterocycles. The Balaban J connectivity index is 1.68. The molecule has 2 unspecified atom stereocenters. The first-order chi connectivity index (χ1) is 7.29. The number of rotatable bonds is 5. The van der Waals surface area contributed by atoms with E-state index in [0.29, 0.717) is 0 Å². The number of nitrogens with one attached hydrogen (secondary N) is 1. The third-order valence-electron chi connectivity index (χ3n) is 3.25. The van der Waals surface area contributed by atoms with Crippen LogP contribution in [0.3, 0.4) is 0 Å². The first kappa shape index (κ1) is 10.5. The standard InChI is InChI=1S/C13H20N2/c1-2-11-9-13(11)15-8-7-10-3-5-12(14)6-4-10/h3-6,11,13,15H,2,7-9,14H2,1H3. The molecule has 1 aromatic rings. The van der Waals surface area contributed by atoms with Gasteiger partial charge in [0.1, 0.15) is 0 Å². The van der Waals surface area contributed by atoms with Gasteiger partial charge < -0.3 is 11.1 Å². The van der Waals surface area contributed by atoms with Crippen LogP contribution in [-0.4, -0.2) is 12.6 Å². The average Bonchev–Trinajstić information content (AvgIpc) is 3.00. The molecule has 82 valence electrons. The highest BCUT2D eigenvalue weighted by atomic mass is 15.0. The van der Waals surface area contributed by atoms with Crippen LogP contribution in [-0.2, 0) is 6.42 Å². The van der Waals surface area contributed by atoms with E-state index < -0.39 is 0 Å². The van der Waals surface area contributed by atoms with E-state index in [4.69, 9.17) is 5.73 Å². The molecular weight excluding hydrogens is 184 g/mol. The van der Waals surface area contributed by atoms with Crippen LogP contribution in [0.25, 0.3) is 0 Å². The van der Waals surface area contributed by atoms with Gasteiger partial charge in [-0.15, -0.1) is 0 Å². The van der Waals surface area contributed by atoms with Crippen molar-refractivity contribution in [2.24, 2.45) is 5.92 Å². The number of anilines is 1. The van der Waals surface area contributed by atoms with Crippen LogP contribution in [0.5, 0.6) is 0 Å². The summed E-state index contributed by atoms with van der Waals surface area (Å²) in [5.41, 5.74) is 7.85. The second-order valence-electron chi connectivity index (χ2n) is 4.46. The molecule has 2 atom stereocenters. The van der Waals surface area contributed by atoms with Crippen molar-refractivity contribution in [2.45, 2.75) is 32.2 Å². The molecule has 1 aliphatic carbocycles. The highest BCUT2D eigenvalue weighted by Crippen LogP contribution is 2.32. The van der Waals surface area contributed by atoms with Crippen molar-refractivity contribution in [3.05, 3.63) is 29.8 Å². The normalized spacial score (nSPS) is 24.1. The molecule has 0 saturated heterocycles. The van der Waals surface area contributed by atoms with E-state index in [1.165, 1.54) is 18.4 Å². The van der Waals surface area contributed by atoms with Gasteiger partial charge in [0.25, 0.3) is 0 Å². The van der Waals surface area contributed by atoms with Gasteiger partial charge in [-0.2, -0.15) is 0 Å². The van der Waals surface area contributed by atoms with Gasteiger partial charge in [0.2, 0.25) is 0 Å². The Hall–Kier alpha value is -1.02. The fourth-order valence-corrected chi connectivity index (χ4v) is 2.03. The highest BCUT2D eigenvalue weighted by Gasteiger charge is 2.34. The molecular formula is C13H20N2. The second-order valence-corrected chi connectivity index (χ2v) is 4.46. The topological polar surface area (TPSA) is 38.0 Å². The van der Waals surface area contributed by atoms with Crippen molar-refractivity contribution in [3.8, 4) is 0 Å². The average molecular weight is 204 g/mol. The van der Waals surface area contributed by atoms with Crippen molar-refractivity contribution in [1.29, 1.82) is 0 Å². The van der Waals surface area contributed by atoms with Gasteiger partial charge in [-0.1, -0.05) is 25.5 Å². The molecule has 0 spiro atoms. The maximum absolute atomic E-state index is 5.63. The summed E-state index contributed by atoms with van der Waals surface area (Å²) in [5.74, 6) is 0.941. The number of nitrogens with two attached hydrogens (primary N) is 1. The van der Waals surface area contributed by atoms with Crippen LogP contribution in [0.1, 0.15) is 25.3 Å². The lowest BCUT2D eigenvalue weighted by Gasteiger charge is -2.04. The monoisotopic (exact) mass is 204 g/mol. The fourth-order valence-electron chi connectivity index (χ4n) is 2.03. The summed E-state index contributed by atoms with van der Waals surface area (Å²) < 4.78 is 0. The summed E-state index contributed by atoms with van der Waals surface area (Å²) in [5, 5.41) is 3.59. The molecule has 1 aromatic carbocycles. The molecule has 2 nitrogen and oxygen atoms in total. The zero-order chi connectivity index (χ0) is 10.7. The Morgan fingerprint density at radius 3 is 2.67 bits per heavy atom. The van der Waals surface area contributed by atoms with Gasteiger partial charge in [0, 0.05) is 11.7 Å².